The molecule has 0 aliphatic carbocycles. The van der Waals surface area contributed by atoms with Crippen LogP contribution < -0.4 is 5.32 Å². The van der Waals surface area contributed by atoms with Crippen LogP contribution in [-0.4, -0.2) is 52.1 Å². The molecule has 0 bridgehead atoms. The Morgan fingerprint density at radius 1 is 1.06 bits per heavy atom. The highest BCUT2D eigenvalue weighted by Gasteiger charge is 2.37. The molecule has 1 aromatic carbocycles. The summed E-state index contributed by atoms with van der Waals surface area (Å²) in [7, 11) is 0. The van der Waals surface area contributed by atoms with Crippen LogP contribution in [0.15, 0.2) is 48.7 Å². The molecule has 2 unspecified atom stereocenters. The van der Waals surface area contributed by atoms with Gasteiger partial charge in [0, 0.05) is 32.3 Å². The predicted molar refractivity (Wildman–Crippen MR) is 122 cm³/mol. The number of nitrogens with one attached hydrogen (secondary N) is 1. The molecule has 3 heterocycles. The second-order valence-corrected chi connectivity index (χ2v) is 8.69. The SMILES string of the molecule is Cc1ccc(NC(=O)C2CCCN(C(=O)C(c3ccccc3)N3CCCCC3=O)C2)nc1. The molecule has 0 spiro atoms. The Labute approximate surface area is 188 Å². The van der Waals surface area contributed by atoms with E-state index in [0.717, 1.165) is 36.8 Å². The van der Waals surface area contributed by atoms with Gasteiger partial charge in [-0.1, -0.05) is 36.4 Å². The smallest absolute Gasteiger partial charge is 0.250 e. The van der Waals surface area contributed by atoms with E-state index in [-0.39, 0.29) is 23.6 Å². The third kappa shape index (κ3) is 4.98. The summed E-state index contributed by atoms with van der Waals surface area (Å²) in [6.07, 6.45) is 5.43. The molecule has 1 aromatic heterocycles. The molecule has 32 heavy (non-hydrogen) atoms. The van der Waals surface area contributed by atoms with E-state index in [9.17, 15) is 14.4 Å². The van der Waals surface area contributed by atoms with Gasteiger partial charge in [0.15, 0.2) is 0 Å². The van der Waals surface area contributed by atoms with Crippen molar-refractivity contribution in [1.82, 2.24) is 14.8 Å². The molecular formula is C25H30N4O3. The van der Waals surface area contributed by atoms with Gasteiger partial charge < -0.3 is 15.1 Å². The van der Waals surface area contributed by atoms with Crippen molar-refractivity contribution in [3.8, 4) is 0 Å². The van der Waals surface area contributed by atoms with E-state index < -0.39 is 6.04 Å². The van der Waals surface area contributed by atoms with E-state index >= 15 is 0 Å². The molecule has 2 atom stereocenters. The molecule has 3 amide bonds. The number of carbonyl (C=O) groups excluding carboxylic acids is 3. The molecule has 0 radical (unpaired) electrons. The standard InChI is InChI=1S/C25H30N4O3/c1-18-12-13-21(26-16-18)27-24(31)20-10-7-14-28(17-20)25(32)23(19-8-3-2-4-9-19)29-15-6-5-11-22(29)30/h2-4,8-9,12-13,16,20,23H,5-7,10-11,14-15,17H2,1H3,(H,26,27,31). The van der Waals surface area contributed by atoms with Crippen molar-refractivity contribution in [3.63, 3.8) is 0 Å². The molecule has 168 valence electrons. The van der Waals surface area contributed by atoms with Crippen LogP contribution in [0.5, 0.6) is 0 Å². The number of aromatic nitrogens is 1. The molecule has 2 saturated heterocycles. The van der Waals surface area contributed by atoms with E-state index in [1.807, 2.05) is 43.3 Å². The number of hydrogen-bond acceptors (Lipinski definition) is 4. The molecule has 2 aliphatic rings. The van der Waals surface area contributed by atoms with Gasteiger partial charge in [-0.3, -0.25) is 14.4 Å². The summed E-state index contributed by atoms with van der Waals surface area (Å²) in [5, 5.41) is 2.88. The number of aryl methyl sites for hydroxylation is 1. The number of benzene rings is 1. The van der Waals surface area contributed by atoms with E-state index in [1.165, 1.54) is 0 Å². The Balaban J connectivity index is 1.50. The first-order chi connectivity index (χ1) is 15.5. The molecule has 7 nitrogen and oxygen atoms in total. The van der Waals surface area contributed by atoms with Crippen LogP contribution in [0, 0.1) is 12.8 Å². The van der Waals surface area contributed by atoms with Crippen molar-refractivity contribution >= 4 is 23.5 Å². The monoisotopic (exact) mass is 434 g/mol. The average molecular weight is 435 g/mol. The lowest BCUT2D eigenvalue weighted by atomic mass is 9.94. The van der Waals surface area contributed by atoms with Crippen LogP contribution in [-0.2, 0) is 14.4 Å². The average Bonchev–Trinajstić information content (AvgIpc) is 2.82. The molecule has 2 aliphatic heterocycles. The number of likely N-dealkylation sites (tertiary alicyclic amines) is 2. The third-order valence-corrected chi connectivity index (χ3v) is 6.29. The van der Waals surface area contributed by atoms with Gasteiger partial charge in [-0.05, 0) is 49.8 Å². The fourth-order valence-corrected chi connectivity index (χ4v) is 4.53. The van der Waals surface area contributed by atoms with Gasteiger partial charge in [-0.15, -0.1) is 0 Å². The third-order valence-electron chi connectivity index (χ3n) is 6.29. The van der Waals surface area contributed by atoms with Gasteiger partial charge in [0.25, 0.3) is 0 Å². The van der Waals surface area contributed by atoms with Crippen LogP contribution in [0.4, 0.5) is 5.82 Å². The number of piperidine rings is 2. The van der Waals surface area contributed by atoms with Crippen molar-refractivity contribution in [2.45, 2.75) is 45.1 Å². The lowest BCUT2D eigenvalue weighted by molar-refractivity contribution is -0.149. The van der Waals surface area contributed by atoms with Crippen molar-refractivity contribution in [3.05, 3.63) is 59.8 Å². The van der Waals surface area contributed by atoms with E-state index in [4.69, 9.17) is 0 Å². The summed E-state index contributed by atoms with van der Waals surface area (Å²) >= 11 is 0. The van der Waals surface area contributed by atoms with Crippen molar-refractivity contribution in [2.75, 3.05) is 25.0 Å². The number of hydrogen-bond donors (Lipinski definition) is 1. The number of anilines is 1. The maximum Gasteiger partial charge on any atom is 0.250 e. The Morgan fingerprint density at radius 2 is 1.88 bits per heavy atom. The summed E-state index contributed by atoms with van der Waals surface area (Å²) in [4.78, 5) is 47.0. The first-order valence-corrected chi connectivity index (χ1v) is 11.4. The van der Waals surface area contributed by atoms with Gasteiger partial charge in [0.2, 0.25) is 17.7 Å². The topological polar surface area (TPSA) is 82.6 Å². The van der Waals surface area contributed by atoms with E-state index in [1.54, 1.807) is 22.1 Å². The lowest BCUT2D eigenvalue weighted by Gasteiger charge is -2.39. The predicted octanol–water partition coefficient (Wildman–Crippen LogP) is 3.32. The molecule has 2 aromatic rings. The van der Waals surface area contributed by atoms with Crippen LogP contribution in [0.1, 0.15) is 49.3 Å². The van der Waals surface area contributed by atoms with Crippen molar-refractivity contribution < 1.29 is 14.4 Å². The minimum Gasteiger partial charge on any atom is -0.340 e. The zero-order valence-electron chi connectivity index (χ0n) is 18.5. The summed E-state index contributed by atoms with van der Waals surface area (Å²) < 4.78 is 0. The highest BCUT2D eigenvalue weighted by Crippen LogP contribution is 2.29. The Hall–Kier alpha value is -3.22. The molecule has 7 heteroatoms. The largest absolute Gasteiger partial charge is 0.340 e. The number of nitrogens with zero attached hydrogens (tertiary/aromatic N) is 3. The van der Waals surface area contributed by atoms with Crippen molar-refractivity contribution in [1.29, 1.82) is 0 Å². The van der Waals surface area contributed by atoms with Gasteiger partial charge in [-0.2, -0.15) is 0 Å². The van der Waals surface area contributed by atoms with Gasteiger partial charge in [0.05, 0.1) is 5.92 Å². The number of carbonyl (C=O) groups is 3. The maximum absolute atomic E-state index is 13.7. The van der Waals surface area contributed by atoms with Crippen LogP contribution in [0.2, 0.25) is 0 Å². The van der Waals surface area contributed by atoms with Crippen LogP contribution in [0.25, 0.3) is 0 Å². The highest BCUT2D eigenvalue weighted by molar-refractivity contribution is 5.93. The van der Waals surface area contributed by atoms with Crippen LogP contribution in [0.3, 0.4) is 0 Å². The Bertz CT molecular complexity index is 961. The van der Waals surface area contributed by atoms with Gasteiger partial charge in [-0.25, -0.2) is 4.98 Å². The maximum atomic E-state index is 13.7. The Kier molecular flexibility index (Phi) is 6.83. The quantitative estimate of drug-likeness (QED) is 0.783. The second-order valence-electron chi connectivity index (χ2n) is 8.69. The van der Waals surface area contributed by atoms with Gasteiger partial charge >= 0.3 is 0 Å². The first kappa shape index (κ1) is 22.0. The Morgan fingerprint density at radius 3 is 2.59 bits per heavy atom. The lowest BCUT2D eigenvalue weighted by Crippen LogP contribution is -2.50. The summed E-state index contributed by atoms with van der Waals surface area (Å²) in [6.45, 7) is 3.47. The first-order valence-electron chi connectivity index (χ1n) is 11.4. The highest BCUT2D eigenvalue weighted by atomic mass is 16.2. The zero-order valence-corrected chi connectivity index (χ0v) is 18.5. The van der Waals surface area contributed by atoms with Crippen molar-refractivity contribution in [2.24, 2.45) is 5.92 Å². The minimum atomic E-state index is -0.635. The van der Waals surface area contributed by atoms with E-state index in [0.29, 0.717) is 31.9 Å². The number of rotatable bonds is 5. The number of pyridine rings is 1. The normalized spacial score (nSPS) is 20.0. The van der Waals surface area contributed by atoms with Gasteiger partial charge in [0.1, 0.15) is 11.9 Å². The second kappa shape index (κ2) is 9.94. The minimum absolute atomic E-state index is 0.0233. The summed E-state index contributed by atoms with van der Waals surface area (Å²) in [6, 6.07) is 12.6. The van der Waals surface area contributed by atoms with E-state index in [2.05, 4.69) is 10.3 Å². The molecule has 2 fully saturated rings. The van der Waals surface area contributed by atoms with Crippen LogP contribution >= 0.6 is 0 Å². The fraction of sp³-hybridized carbons (Fsp3) is 0.440. The fourth-order valence-electron chi connectivity index (χ4n) is 4.53. The molecule has 1 N–H and O–H groups in total. The summed E-state index contributed by atoms with van der Waals surface area (Å²) in [5.74, 6) is 0.0196. The molecule has 0 saturated carbocycles. The number of amides is 3. The molecular weight excluding hydrogens is 404 g/mol. The molecule has 4 rings (SSSR count). The zero-order chi connectivity index (χ0) is 22.5. The summed E-state index contributed by atoms with van der Waals surface area (Å²) in [5.41, 5.74) is 1.85.